The molecule has 7 nitrogen and oxygen atoms in total. The molecule has 5 heterocycles. The third-order valence-electron chi connectivity index (χ3n) is 7.84. The molecule has 0 spiro atoms. The number of nitrogens with zero attached hydrogens (tertiary/aromatic N) is 5. The minimum atomic E-state index is -0.158. The number of ether oxygens (including phenoxy) is 2. The largest absolute Gasteiger partial charge is 0.372 e. The van der Waals surface area contributed by atoms with Gasteiger partial charge in [0.25, 0.3) is 0 Å². The van der Waals surface area contributed by atoms with Crippen molar-refractivity contribution < 1.29 is 9.47 Å². The zero-order valence-electron chi connectivity index (χ0n) is 26.2. The maximum absolute atomic E-state index is 6.53. The van der Waals surface area contributed by atoms with Gasteiger partial charge in [-0.2, -0.15) is 0 Å². The van der Waals surface area contributed by atoms with E-state index in [-0.39, 0.29) is 6.10 Å². The van der Waals surface area contributed by atoms with Crippen molar-refractivity contribution in [2.45, 2.75) is 81.3 Å². The van der Waals surface area contributed by atoms with E-state index in [4.69, 9.17) is 19.4 Å². The van der Waals surface area contributed by atoms with Gasteiger partial charge in [0.1, 0.15) is 11.6 Å². The summed E-state index contributed by atoms with van der Waals surface area (Å²) in [6.45, 7) is 18.9. The smallest absolute Gasteiger partial charge is 0.137 e. The molecule has 0 N–H and O–H groups in total. The minimum absolute atomic E-state index is 0.158. The zero-order chi connectivity index (χ0) is 30.0. The Morgan fingerprint density at radius 2 is 1.00 bits per heavy atom. The van der Waals surface area contributed by atoms with Crippen LogP contribution in [0.2, 0.25) is 0 Å². The van der Waals surface area contributed by atoms with Gasteiger partial charge < -0.3 is 23.2 Å². The maximum Gasteiger partial charge on any atom is 0.137 e. The lowest BCUT2D eigenvalue weighted by molar-refractivity contribution is -0.0391. The zero-order valence-corrected chi connectivity index (χ0v) is 26.2. The van der Waals surface area contributed by atoms with Gasteiger partial charge in [0.05, 0.1) is 43.9 Å². The van der Waals surface area contributed by atoms with Crippen LogP contribution in [0.1, 0.15) is 56.7 Å². The Kier molecular flexibility index (Phi) is 8.80. The summed E-state index contributed by atoms with van der Waals surface area (Å²) in [4.78, 5) is 9.90. The van der Waals surface area contributed by atoms with Gasteiger partial charge in [-0.15, -0.1) is 0 Å². The summed E-state index contributed by atoms with van der Waals surface area (Å²) in [6.07, 6.45) is -0.158. The SMILES string of the molecule is Cc1cc(COC[C@H](Cn2c(C)ccc2C)OCc2cc(C)cc(-n3c(C)ccc3C)n2)nc(-n2c(C)ccc2C)c1. The van der Waals surface area contributed by atoms with E-state index < -0.39 is 0 Å². The first-order valence-electron chi connectivity index (χ1n) is 14.7. The summed E-state index contributed by atoms with van der Waals surface area (Å²) in [5.74, 6) is 1.85. The van der Waals surface area contributed by atoms with Gasteiger partial charge in [-0.1, -0.05) is 0 Å². The lowest BCUT2D eigenvalue weighted by Gasteiger charge is -2.21. The standard InChI is InChI=1S/C35H43N5O2/c1-23-15-31(36-34(17-23)39-27(5)11-12-28(39)6)20-41-22-33(19-38-25(3)9-10-26(38)4)42-21-32-16-24(2)18-35(37-32)40-29(7)13-14-30(40)8/h9-18,33H,19-22H2,1-8H3/t33-/m0/s1. The highest BCUT2D eigenvalue weighted by molar-refractivity contribution is 5.36. The van der Waals surface area contributed by atoms with Crippen LogP contribution in [0.3, 0.4) is 0 Å². The van der Waals surface area contributed by atoms with Crippen LogP contribution in [0.4, 0.5) is 0 Å². The Hall–Kier alpha value is -3.94. The van der Waals surface area contributed by atoms with Crippen molar-refractivity contribution in [3.63, 3.8) is 0 Å². The molecule has 0 saturated carbocycles. The summed E-state index contributed by atoms with van der Waals surface area (Å²) in [5, 5.41) is 0. The van der Waals surface area contributed by atoms with Crippen molar-refractivity contribution in [1.82, 2.24) is 23.7 Å². The fourth-order valence-electron chi connectivity index (χ4n) is 5.72. The molecule has 0 bridgehead atoms. The van der Waals surface area contributed by atoms with E-state index in [2.05, 4.69) is 130 Å². The molecule has 0 saturated heterocycles. The topological polar surface area (TPSA) is 59.0 Å². The summed E-state index contributed by atoms with van der Waals surface area (Å²) < 4.78 is 19.5. The Morgan fingerprint density at radius 3 is 1.48 bits per heavy atom. The van der Waals surface area contributed by atoms with Crippen molar-refractivity contribution in [3.05, 3.63) is 117 Å². The second kappa shape index (κ2) is 12.5. The van der Waals surface area contributed by atoms with Crippen LogP contribution < -0.4 is 0 Å². The third-order valence-corrected chi connectivity index (χ3v) is 7.84. The normalized spacial score (nSPS) is 12.3. The number of hydrogen-bond acceptors (Lipinski definition) is 4. The highest BCUT2D eigenvalue weighted by Crippen LogP contribution is 2.20. The molecule has 0 aliphatic carbocycles. The second-order valence-electron chi connectivity index (χ2n) is 11.6. The number of aromatic nitrogens is 5. The van der Waals surface area contributed by atoms with E-state index in [1.54, 1.807) is 0 Å². The molecule has 0 fully saturated rings. The highest BCUT2D eigenvalue weighted by Gasteiger charge is 2.16. The number of aryl methyl sites for hydroxylation is 8. The maximum atomic E-state index is 6.53. The number of hydrogen-bond donors (Lipinski definition) is 0. The minimum Gasteiger partial charge on any atom is -0.372 e. The summed E-state index contributed by atoms with van der Waals surface area (Å²) >= 11 is 0. The first-order valence-corrected chi connectivity index (χ1v) is 14.7. The van der Waals surface area contributed by atoms with Crippen LogP contribution >= 0.6 is 0 Å². The van der Waals surface area contributed by atoms with E-state index in [1.165, 1.54) is 22.8 Å². The lowest BCUT2D eigenvalue weighted by Crippen LogP contribution is -2.27. The Balaban J connectivity index is 1.32. The Morgan fingerprint density at radius 1 is 0.571 bits per heavy atom. The van der Waals surface area contributed by atoms with E-state index in [9.17, 15) is 0 Å². The van der Waals surface area contributed by atoms with Crippen LogP contribution in [0.5, 0.6) is 0 Å². The number of rotatable bonds is 11. The number of pyridine rings is 2. The van der Waals surface area contributed by atoms with Gasteiger partial charge in [-0.25, -0.2) is 9.97 Å². The average molecular weight is 566 g/mol. The molecule has 0 radical (unpaired) electrons. The summed E-state index contributed by atoms with van der Waals surface area (Å²) in [7, 11) is 0. The van der Waals surface area contributed by atoms with Gasteiger partial charge in [0, 0.05) is 34.2 Å². The van der Waals surface area contributed by atoms with Crippen molar-refractivity contribution in [2.75, 3.05) is 6.61 Å². The first kappa shape index (κ1) is 29.5. The molecule has 5 rings (SSSR count). The fraction of sp³-hybridized carbons (Fsp3) is 0.371. The van der Waals surface area contributed by atoms with Crippen LogP contribution in [0.25, 0.3) is 11.6 Å². The van der Waals surface area contributed by atoms with Crippen LogP contribution in [0, 0.1) is 55.4 Å². The van der Waals surface area contributed by atoms with Gasteiger partial charge in [-0.05, 0) is 127 Å². The van der Waals surface area contributed by atoms with E-state index in [1.807, 2.05) is 0 Å². The van der Waals surface area contributed by atoms with Gasteiger partial charge in [0.2, 0.25) is 0 Å². The van der Waals surface area contributed by atoms with Crippen molar-refractivity contribution >= 4 is 0 Å². The molecule has 7 heteroatoms. The summed E-state index contributed by atoms with van der Waals surface area (Å²) in [5.41, 5.74) is 11.2. The first-order chi connectivity index (χ1) is 20.1. The Labute approximate surface area is 249 Å². The quantitative estimate of drug-likeness (QED) is 0.171. The fourth-order valence-corrected chi connectivity index (χ4v) is 5.72. The molecule has 0 unspecified atom stereocenters. The second-order valence-corrected chi connectivity index (χ2v) is 11.6. The van der Waals surface area contributed by atoms with Crippen molar-refractivity contribution in [2.24, 2.45) is 0 Å². The van der Waals surface area contributed by atoms with E-state index >= 15 is 0 Å². The van der Waals surface area contributed by atoms with Crippen LogP contribution in [-0.4, -0.2) is 36.4 Å². The van der Waals surface area contributed by atoms with E-state index in [0.29, 0.717) is 26.4 Å². The third kappa shape index (κ3) is 6.58. The van der Waals surface area contributed by atoms with Crippen molar-refractivity contribution in [3.8, 4) is 11.6 Å². The lowest BCUT2D eigenvalue weighted by atomic mass is 10.2. The van der Waals surface area contributed by atoms with Crippen LogP contribution in [0.15, 0.2) is 60.7 Å². The Bertz CT molecular complexity index is 1630. The molecule has 220 valence electrons. The average Bonchev–Trinajstić information content (AvgIpc) is 3.57. The molecule has 0 aromatic carbocycles. The monoisotopic (exact) mass is 565 g/mol. The predicted octanol–water partition coefficient (Wildman–Crippen LogP) is 7.13. The summed E-state index contributed by atoms with van der Waals surface area (Å²) in [6, 6.07) is 21.2. The molecule has 0 amide bonds. The molecule has 1 atom stereocenters. The molecular formula is C35H43N5O2. The van der Waals surface area contributed by atoms with Crippen molar-refractivity contribution in [1.29, 1.82) is 0 Å². The molecule has 42 heavy (non-hydrogen) atoms. The molecule has 5 aromatic heterocycles. The van der Waals surface area contributed by atoms with E-state index in [0.717, 1.165) is 45.5 Å². The molecule has 0 aliphatic rings. The molecular weight excluding hydrogens is 522 g/mol. The van der Waals surface area contributed by atoms with Gasteiger partial charge in [0.15, 0.2) is 0 Å². The van der Waals surface area contributed by atoms with Gasteiger partial charge >= 0.3 is 0 Å². The molecule has 0 aliphatic heterocycles. The predicted molar refractivity (Wildman–Crippen MR) is 168 cm³/mol. The van der Waals surface area contributed by atoms with Crippen LogP contribution in [-0.2, 0) is 29.2 Å². The molecule has 5 aromatic rings. The highest BCUT2D eigenvalue weighted by atomic mass is 16.5. The van der Waals surface area contributed by atoms with Gasteiger partial charge in [-0.3, -0.25) is 0 Å².